The molecule has 188 valence electrons. The van der Waals surface area contributed by atoms with Crippen molar-refractivity contribution in [1.29, 1.82) is 0 Å². The van der Waals surface area contributed by atoms with Crippen LogP contribution < -0.4 is 0 Å². The van der Waals surface area contributed by atoms with Crippen molar-refractivity contribution >= 4 is 21.9 Å². The van der Waals surface area contributed by atoms with E-state index in [-0.39, 0.29) is 27.9 Å². The van der Waals surface area contributed by atoms with Gasteiger partial charge in [0.1, 0.15) is 6.10 Å². The molecule has 2 bridgehead atoms. The van der Waals surface area contributed by atoms with Gasteiger partial charge < -0.3 is 9.47 Å². The van der Waals surface area contributed by atoms with Gasteiger partial charge in [-0.05, 0) is 85.9 Å². The Morgan fingerprint density at radius 2 is 1.88 bits per heavy atom. The molecule has 0 amide bonds. The molecule has 3 nitrogen and oxygen atoms in total. The molecule has 1 heterocycles. The Bertz CT molecular complexity index is 753. The molecule has 5 aliphatic rings. The standard InChI is InChI=1S/C29H47BrO3/c1-18(2)7-6-8-19(3)23-9-10-24-22-15-26-29(30)16-21(33-20(4)31)11-14-28(29,17-32-26)25(22)12-13-27(23,24)5/h18-19,21-26H,6-17H2,1-5H3/t19-,21-,22+,23-,24+,25+,26-,27-,28+,29+/m1/s1. The van der Waals surface area contributed by atoms with Gasteiger partial charge in [0, 0.05) is 18.8 Å². The van der Waals surface area contributed by atoms with E-state index in [9.17, 15) is 4.79 Å². The number of ether oxygens (including phenoxy) is 2. The zero-order valence-corrected chi connectivity index (χ0v) is 23.3. The fourth-order valence-corrected chi connectivity index (χ4v) is 11.3. The summed E-state index contributed by atoms with van der Waals surface area (Å²) in [6, 6.07) is 0. The van der Waals surface area contributed by atoms with Gasteiger partial charge in [-0.15, -0.1) is 0 Å². The topological polar surface area (TPSA) is 35.5 Å². The van der Waals surface area contributed by atoms with Gasteiger partial charge in [0.2, 0.25) is 0 Å². The van der Waals surface area contributed by atoms with E-state index in [1.165, 1.54) is 51.4 Å². The van der Waals surface area contributed by atoms with Gasteiger partial charge >= 0.3 is 5.97 Å². The van der Waals surface area contributed by atoms with Gasteiger partial charge in [-0.2, -0.15) is 0 Å². The number of rotatable bonds is 6. The maximum absolute atomic E-state index is 11.7. The summed E-state index contributed by atoms with van der Waals surface area (Å²) in [5, 5.41) is 0. The quantitative estimate of drug-likeness (QED) is 0.266. The first kappa shape index (κ1) is 24.6. The highest BCUT2D eigenvalue weighted by atomic mass is 79.9. The molecule has 0 radical (unpaired) electrons. The van der Waals surface area contributed by atoms with Crippen LogP contribution in [0.4, 0.5) is 0 Å². The Morgan fingerprint density at radius 1 is 1.09 bits per heavy atom. The molecule has 33 heavy (non-hydrogen) atoms. The van der Waals surface area contributed by atoms with Gasteiger partial charge in [0.25, 0.3) is 0 Å². The van der Waals surface area contributed by atoms with Crippen LogP contribution in [0, 0.1) is 46.3 Å². The Kier molecular flexibility index (Phi) is 6.55. The van der Waals surface area contributed by atoms with Gasteiger partial charge in [-0.3, -0.25) is 4.79 Å². The maximum Gasteiger partial charge on any atom is 0.302 e. The minimum Gasteiger partial charge on any atom is -0.463 e. The molecule has 5 rings (SSSR count). The second-order valence-corrected chi connectivity index (χ2v) is 14.9. The smallest absolute Gasteiger partial charge is 0.302 e. The van der Waals surface area contributed by atoms with Crippen LogP contribution in [0.15, 0.2) is 0 Å². The van der Waals surface area contributed by atoms with Crippen molar-refractivity contribution in [2.75, 3.05) is 6.61 Å². The van der Waals surface area contributed by atoms with Crippen molar-refractivity contribution in [2.24, 2.45) is 46.3 Å². The second-order valence-electron chi connectivity index (χ2n) is 13.4. The van der Waals surface area contributed by atoms with E-state index >= 15 is 0 Å². The Labute approximate surface area is 210 Å². The van der Waals surface area contributed by atoms with Crippen molar-refractivity contribution in [2.45, 2.75) is 122 Å². The van der Waals surface area contributed by atoms with Crippen LogP contribution in [0.1, 0.15) is 105 Å². The van der Waals surface area contributed by atoms with Gasteiger partial charge in [-0.25, -0.2) is 0 Å². The molecule has 4 aliphatic carbocycles. The molecule has 0 N–H and O–H groups in total. The van der Waals surface area contributed by atoms with Gasteiger partial charge in [-0.1, -0.05) is 62.9 Å². The zero-order chi connectivity index (χ0) is 23.6. The van der Waals surface area contributed by atoms with Gasteiger partial charge in [0.05, 0.1) is 17.0 Å². The van der Waals surface area contributed by atoms with E-state index in [4.69, 9.17) is 9.47 Å². The summed E-state index contributed by atoms with van der Waals surface area (Å²) in [5.41, 5.74) is 0.759. The molecule has 5 fully saturated rings. The van der Waals surface area contributed by atoms with Crippen LogP contribution in [-0.4, -0.2) is 29.1 Å². The summed E-state index contributed by atoms with van der Waals surface area (Å²) < 4.78 is 12.3. The molecular weight excluding hydrogens is 476 g/mol. The lowest BCUT2D eigenvalue weighted by atomic mass is 9.44. The van der Waals surface area contributed by atoms with Crippen LogP contribution in [0.25, 0.3) is 0 Å². The van der Waals surface area contributed by atoms with Crippen molar-refractivity contribution in [3.8, 4) is 0 Å². The van der Waals surface area contributed by atoms with E-state index in [1.54, 1.807) is 6.92 Å². The minimum absolute atomic E-state index is 0.00455. The second kappa shape index (κ2) is 8.79. The van der Waals surface area contributed by atoms with Crippen molar-refractivity contribution in [1.82, 2.24) is 0 Å². The fourth-order valence-electron chi connectivity index (χ4n) is 10.1. The first-order valence-corrected chi connectivity index (χ1v) is 14.9. The van der Waals surface area contributed by atoms with Crippen molar-refractivity contribution in [3.05, 3.63) is 0 Å². The number of carbonyl (C=O) groups excluding carboxylic acids is 1. The molecule has 0 aromatic rings. The Hall–Kier alpha value is -0.0900. The van der Waals surface area contributed by atoms with E-state index in [0.717, 1.165) is 61.4 Å². The summed E-state index contributed by atoms with van der Waals surface area (Å²) >= 11 is 4.29. The fraction of sp³-hybridized carbons (Fsp3) is 0.966. The summed E-state index contributed by atoms with van der Waals surface area (Å²) in [4.78, 5) is 11.7. The van der Waals surface area contributed by atoms with Crippen LogP contribution >= 0.6 is 15.9 Å². The third-order valence-corrected chi connectivity index (χ3v) is 13.1. The number of carbonyl (C=O) groups is 1. The number of alkyl halides is 1. The van der Waals surface area contributed by atoms with Crippen LogP contribution in [-0.2, 0) is 14.3 Å². The summed E-state index contributed by atoms with van der Waals surface area (Å²) in [7, 11) is 0. The minimum atomic E-state index is -0.137. The monoisotopic (exact) mass is 522 g/mol. The summed E-state index contributed by atoms with van der Waals surface area (Å²) in [6.45, 7) is 12.4. The van der Waals surface area contributed by atoms with Crippen LogP contribution in [0.2, 0.25) is 0 Å². The van der Waals surface area contributed by atoms with E-state index in [1.807, 2.05) is 0 Å². The molecule has 1 saturated heterocycles. The predicted molar refractivity (Wildman–Crippen MR) is 136 cm³/mol. The molecule has 10 atom stereocenters. The highest BCUT2D eigenvalue weighted by Crippen LogP contribution is 2.73. The lowest BCUT2D eigenvalue weighted by Crippen LogP contribution is -2.63. The number of hydrogen-bond donors (Lipinski definition) is 0. The SMILES string of the molecule is CC(=O)O[C@@H]1CC[C@]23CO[C@H](C[C@H]4[C@@H]5CC[C@H]([C@H](C)CCCC(C)C)[C@@]5(C)CC[C@@H]42)[C@@]3(Br)C1. The average Bonchev–Trinajstić information content (AvgIpc) is 3.16. The Balaban J connectivity index is 1.34. The third-order valence-electron chi connectivity index (χ3n) is 11.5. The largest absolute Gasteiger partial charge is 0.463 e. The summed E-state index contributed by atoms with van der Waals surface area (Å²) in [6.07, 6.45) is 14.5. The maximum atomic E-state index is 11.7. The number of halogens is 1. The first-order chi connectivity index (χ1) is 15.6. The number of esters is 1. The normalized spacial score (nSPS) is 49.3. The molecular formula is C29H47BrO3. The van der Waals surface area contributed by atoms with Crippen LogP contribution in [0.5, 0.6) is 0 Å². The average molecular weight is 524 g/mol. The first-order valence-electron chi connectivity index (χ1n) is 14.1. The van der Waals surface area contributed by atoms with Crippen molar-refractivity contribution < 1.29 is 14.3 Å². The third kappa shape index (κ3) is 3.78. The lowest BCUT2D eigenvalue weighted by Gasteiger charge is -2.63. The predicted octanol–water partition coefficient (Wildman–Crippen LogP) is 7.55. The lowest BCUT2D eigenvalue weighted by molar-refractivity contribution is -0.154. The molecule has 4 heteroatoms. The highest BCUT2D eigenvalue weighted by molar-refractivity contribution is 9.10. The molecule has 0 aromatic carbocycles. The highest BCUT2D eigenvalue weighted by Gasteiger charge is 2.72. The number of hydrogen-bond acceptors (Lipinski definition) is 3. The molecule has 1 aliphatic heterocycles. The summed E-state index contributed by atoms with van der Waals surface area (Å²) in [5.74, 6) is 4.92. The Morgan fingerprint density at radius 3 is 2.61 bits per heavy atom. The molecule has 4 saturated carbocycles. The van der Waals surface area contributed by atoms with E-state index in [0.29, 0.717) is 5.41 Å². The van der Waals surface area contributed by atoms with Crippen LogP contribution in [0.3, 0.4) is 0 Å². The molecule has 0 aromatic heterocycles. The number of fused-ring (bicyclic) bond motifs is 3. The zero-order valence-electron chi connectivity index (χ0n) is 21.7. The molecule has 0 spiro atoms. The van der Waals surface area contributed by atoms with Crippen molar-refractivity contribution in [3.63, 3.8) is 0 Å². The van der Waals surface area contributed by atoms with E-state index in [2.05, 4.69) is 43.6 Å². The van der Waals surface area contributed by atoms with Gasteiger partial charge in [0.15, 0.2) is 0 Å². The van der Waals surface area contributed by atoms with E-state index < -0.39 is 0 Å². The molecule has 0 unspecified atom stereocenters.